The monoisotopic (exact) mass is 288 g/mol. The van der Waals surface area contributed by atoms with Gasteiger partial charge in [0.1, 0.15) is 5.78 Å². The summed E-state index contributed by atoms with van der Waals surface area (Å²) in [5.41, 5.74) is 0. The van der Waals surface area contributed by atoms with E-state index in [1.165, 1.54) is 0 Å². The van der Waals surface area contributed by atoms with Crippen LogP contribution in [0, 0.1) is 23.2 Å². The molecule has 0 aromatic carbocycles. The van der Waals surface area contributed by atoms with Gasteiger partial charge in [-0.2, -0.15) is 0 Å². The average molecular weight is 289 g/mol. The van der Waals surface area contributed by atoms with Crippen LogP contribution in [0.15, 0.2) is 0 Å². The second kappa shape index (κ2) is 10.4. The van der Waals surface area contributed by atoms with Gasteiger partial charge in [-0.25, -0.2) is 0 Å². The first-order valence-corrected chi connectivity index (χ1v) is 7.76. The molecule has 0 bridgehead atoms. The van der Waals surface area contributed by atoms with E-state index < -0.39 is 5.60 Å². The maximum absolute atomic E-state index is 10.1. The van der Waals surface area contributed by atoms with Gasteiger partial charge in [0, 0.05) is 5.92 Å². The summed E-state index contributed by atoms with van der Waals surface area (Å²) in [4.78, 5) is 10.1. The Labute approximate surface area is 128 Å². The Morgan fingerprint density at radius 1 is 0.800 bits per heavy atom. The summed E-state index contributed by atoms with van der Waals surface area (Å²) in [7, 11) is 0. The van der Waals surface area contributed by atoms with Crippen LogP contribution in [-0.4, -0.2) is 16.5 Å². The van der Waals surface area contributed by atoms with Crippen molar-refractivity contribution in [1.82, 2.24) is 0 Å². The highest BCUT2D eigenvalue weighted by Crippen LogP contribution is 2.23. The minimum atomic E-state index is -0.500. The van der Waals surface area contributed by atoms with Gasteiger partial charge in [-0.15, -0.1) is 0 Å². The Bertz CT molecular complexity index is 219. The van der Waals surface area contributed by atoms with E-state index in [2.05, 4.69) is 34.6 Å². The molecule has 0 saturated heterocycles. The molecule has 20 heavy (non-hydrogen) atoms. The van der Waals surface area contributed by atoms with E-state index >= 15 is 0 Å². The second-order valence-corrected chi connectivity index (χ2v) is 8.09. The molecule has 0 aliphatic carbocycles. The molecular weight excluding hydrogens is 248 g/mol. The molecule has 0 aliphatic rings. The largest absolute Gasteiger partial charge is 0.390 e. The summed E-state index contributed by atoms with van der Waals surface area (Å²) in [6, 6.07) is 0. The number of hydrogen-bond donors (Lipinski definition) is 1. The Morgan fingerprint density at radius 3 is 0.950 bits per heavy atom. The maximum Gasteiger partial charge on any atom is 0.132 e. The fourth-order valence-corrected chi connectivity index (χ4v) is 0. The number of ketones is 1. The first kappa shape index (κ1) is 24.6. The van der Waals surface area contributed by atoms with Crippen LogP contribution in [0.4, 0.5) is 0 Å². The number of carbonyl (C=O) groups excluding carboxylic acids is 1. The maximum atomic E-state index is 10.1. The molecule has 2 nitrogen and oxygen atoms in total. The van der Waals surface area contributed by atoms with E-state index in [4.69, 9.17) is 5.11 Å². The SMILES string of the molecule is CC(=O)C(C)C.CC(C)C(C)(C)C.CC(C)C(C)(C)O. The van der Waals surface area contributed by atoms with Gasteiger partial charge in [0.15, 0.2) is 0 Å². The molecule has 124 valence electrons. The summed E-state index contributed by atoms with van der Waals surface area (Å²) in [5.74, 6) is 1.62. The standard InChI is InChI=1S/C7H16.C6H14O.C5H10O/c1-6(2)7(3,4)5;1-5(2)6(3,4)7;1-4(2)5(3)6/h6H,1-5H3;5,7H,1-4H3;4H,1-3H3. The van der Waals surface area contributed by atoms with Gasteiger partial charge < -0.3 is 5.11 Å². The van der Waals surface area contributed by atoms with E-state index in [1.807, 2.05) is 41.5 Å². The molecule has 0 fully saturated rings. The molecule has 0 atom stereocenters. The zero-order valence-electron chi connectivity index (χ0n) is 16.1. The highest BCUT2D eigenvalue weighted by Gasteiger charge is 2.16. The number of aliphatic hydroxyl groups is 1. The normalized spacial score (nSPS) is 11.8. The van der Waals surface area contributed by atoms with Gasteiger partial charge in [0.25, 0.3) is 0 Å². The van der Waals surface area contributed by atoms with Crippen LogP contribution < -0.4 is 0 Å². The quantitative estimate of drug-likeness (QED) is 0.745. The lowest BCUT2D eigenvalue weighted by molar-refractivity contribution is -0.119. The summed E-state index contributed by atoms with van der Waals surface area (Å²) in [6.07, 6.45) is 0. The topological polar surface area (TPSA) is 37.3 Å². The van der Waals surface area contributed by atoms with Gasteiger partial charge in [0.05, 0.1) is 5.60 Å². The van der Waals surface area contributed by atoms with Gasteiger partial charge in [-0.3, -0.25) is 4.79 Å². The summed E-state index contributed by atoms with van der Waals surface area (Å²) < 4.78 is 0. The minimum Gasteiger partial charge on any atom is -0.390 e. The van der Waals surface area contributed by atoms with E-state index in [0.29, 0.717) is 11.3 Å². The zero-order valence-corrected chi connectivity index (χ0v) is 16.1. The molecule has 0 heterocycles. The van der Waals surface area contributed by atoms with Gasteiger partial charge in [-0.05, 0) is 38.0 Å². The lowest BCUT2D eigenvalue weighted by atomic mass is 9.84. The van der Waals surface area contributed by atoms with Gasteiger partial charge in [0.2, 0.25) is 0 Å². The highest BCUT2D eigenvalue weighted by atomic mass is 16.3. The van der Waals surface area contributed by atoms with E-state index in [0.717, 1.165) is 5.92 Å². The molecule has 0 spiro atoms. The fraction of sp³-hybridized carbons (Fsp3) is 0.944. The third-order valence-electron chi connectivity index (χ3n) is 3.96. The number of Topliss-reactive ketones (excluding diaryl/α,β-unsaturated/α-hetero) is 1. The van der Waals surface area contributed by atoms with E-state index in [-0.39, 0.29) is 11.7 Å². The van der Waals surface area contributed by atoms with Gasteiger partial charge in [-0.1, -0.05) is 62.3 Å². The molecule has 1 N–H and O–H groups in total. The second-order valence-electron chi connectivity index (χ2n) is 8.09. The highest BCUT2D eigenvalue weighted by molar-refractivity contribution is 5.77. The van der Waals surface area contributed by atoms with Crippen molar-refractivity contribution in [3.05, 3.63) is 0 Å². The minimum absolute atomic E-state index is 0.213. The third-order valence-corrected chi connectivity index (χ3v) is 3.96. The average Bonchev–Trinajstić information content (AvgIpc) is 2.15. The molecule has 0 aromatic rings. The van der Waals surface area contributed by atoms with Crippen molar-refractivity contribution in [2.45, 2.75) is 88.7 Å². The Morgan fingerprint density at radius 2 is 0.950 bits per heavy atom. The van der Waals surface area contributed by atoms with Crippen LogP contribution in [-0.2, 0) is 4.79 Å². The molecule has 0 amide bonds. The van der Waals surface area contributed by atoms with E-state index in [9.17, 15) is 4.79 Å². The van der Waals surface area contributed by atoms with Crippen molar-refractivity contribution in [2.24, 2.45) is 23.2 Å². The van der Waals surface area contributed by atoms with Crippen molar-refractivity contribution >= 4 is 5.78 Å². The first-order chi connectivity index (χ1) is 8.53. The number of rotatable bonds is 2. The Hall–Kier alpha value is -0.370. The molecule has 0 unspecified atom stereocenters. The number of carbonyl (C=O) groups is 1. The molecule has 0 aliphatic heterocycles. The van der Waals surface area contributed by atoms with Crippen molar-refractivity contribution in [3.8, 4) is 0 Å². The van der Waals surface area contributed by atoms with Crippen LogP contribution >= 0.6 is 0 Å². The molecule has 2 heteroatoms. The zero-order chi connectivity index (χ0) is 17.3. The smallest absolute Gasteiger partial charge is 0.132 e. The summed E-state index contributed by atoms with van der Waals surface area (Å²) >= 11 is 0. The molecule has 0 rings (SSSR count). The number of hydrogen-bond acceptors (Lipinski definition) is 2. The molecule has 0 aromatic heterocycles. The predicted molar refractivity (Wildman–Crippen MR) is 90.9 cm³/mol. The molecule has 0 saturated carbocycles. The van der Waals surface area contributed by atoms with Crippen molar-refractivity contribution in [1.29, 1.82) is 0 Å². The summed E-state index contributed by atoms with van der Waals surface area (Å²) in [5, 5.41) is 9.09. The lowest BCUT2D eigenvalue weighted by Gasteiger charge is -2.22. The fourth-order valence-electron chi connectivity index (χ4n) is 0. The van der Waals surface area contributed by atoms with Crippen molar-refractivity contribution in [2.75, 3.05) is 0 Å². The predicted octanol–water partition coefficient (Wildman–Crippen LogP) is 5.33. The summed E-state index contributed by atoms with van der Waals surface area (Å²) in [6.45, 7) is 24.3. The third kappa shape index (κ3) is 20.0. The Balaban J connectivity index is -0.000000218. The van der Waals surface area contributed by atoms with Gasteiger partial charge >= 0.3 is 0 Å². The molecule has 0 radical (unpaired) electrons. The first-order valence-electron chi connectivity index (χ1n) is 7.76. The van der Waals surface area contributed by atoms with Crippen molar-refractivity contribution in [3.63, 3.8) is 0 Å². The Kier molecular flexibility index (Phi) is 12.8. The van der Waals surface area contributed by atoms with Crippen LogP contribution in [0.5, 0.6) is 0 Å². The van der Waals surface area contributed by atoms with Crippen LogP contribution in [0.2, 0.25) is 0 Å². The molecular formula is C18H40O2. The van der Waals surface area contributed by atoms with Crippen LogP contribution in [0.25, 0.3) is 0 Å². The lowest BCUT2D eigenvalue weighted by Crippen LogP contribution is -2.25. The van der Waals surface area contributed by atoms with Crippen LogP contribution in [0.1, 0.15) is 83.1 Å². The van der Waals surface area contributed by atoms with Crippen LogP contribution in [0.3, 0.4) is 0 Å². The van der Waals surface area contributed by atoms with E-state index in [1.54, 1.807) is 6.92 Å². The van der Waals surface area contributed by atoms with Crippen molar-refractivity contribution < 1.29 is 9.90 Å².